The fourth-order valence-corrected chi connectivity index (χ4v) is 3.08. The van der Waals surface area contributed by atoms with E-state index in [1.807, 2.05) is 13.0 Å². The molecule has 0 fully saturated rings. The van der Waals surface area contributed by atoms with Crippen molar-refractivity contribution in [3.63, 3.8) is 0 Å². The van der Waals surface area contributed by atoms with Gasteiger partial charge in [0.2, 0.25) is 5.91 Å². The summed E-state index contributed by atoms with van der Waals surface area (Å²) >= 11 is 0. The lowest BCUT2D eigenvalue weighted by atomic mass is 10.2. The van der Waals surface area contributed by atoms with Crippen LogP contribution < -0.4 is 5.32 Å². The average Bonchev–Trinajstić information content (AvgIpc) is 2.51. The maximum atomic E-state index is 12.2. The minimum atomic E-state index is -3.47. The van der Waals surface area contributed by atoms with Gasteiger partial charge in [-0.2, -0.15) is 5.26 Å². The maximum absolute atomic E-state index is 12.2. The molecule has 0 aliphatic heterocycles. The molecular formula is C14H19N3O3S. The lowest BCUT2D eigenvalue weighted by molar-refractivity contribution is -0.121. The number of hydrogen-bond acceptors (Lipinski definition) is 5. The predicted octanol–water partition coefficient (Wildman–Crippen LogP) is 0.400. The van der Waals surface area contributed by atoms with Crippen LogP contribution in [0.2, 0.25) is 0 Å². The monoisotopic (exact) mass is 309 g/mol. The number of nitrogens with one attached hydrogen (secondary N) is 1. The Hall–Kier alpha value is -1.91. The van der Waals surface area contributed by atoms with Crippen LogP contribution in [0.3, 0.4) is 0 Å². The first kappa shape index (κ1) is 17.1. The maximum Gasteiger partial charge on any atom is 0.233 e. The van der Waals surface area contributed by atoms with Crippen molar-refractivity contribution < 1.29 is 13.2 Å². The summed E-state index contributed by atoms with van der Waals surface area (Å²) in [7, 11) is -1.92. The first-order valence-electron chi connectivity index (χ1n) is 6.58. The number of benzene rings is 1. The quantitative estimate of drug-likeness (QED) is 0.787. The summed E-state index contributed by atoms with van der Waals surface area (Å²) in [6.07, 6.45) is 0. The summed E-state index contributed by atoms with van der Waals surface area (Å²) in [5, 5.41) is 11.3. The number of nitriles is 1. The molecule has 1 rings (SSSR count). The first-order valence-corrected chi connectivity index (χ1v) is 8.24. The van der Waals surface area contributed by atoms with E-state index in [0.717, 1.165) is 0 Å². The zero-order valence-corrected chi connectivity index (χ0v) is 13.0. The summed E-state index contributed by atoms with van der Waals surface area (Å²) in [4.78, 5) is 13.2. The van der Waals surface area contributed by atoms with Crippen LogP contribution in [0.15, 0.2) is 29.2 Å². The van der Waals surface area contributed by atoms with Crippen LogP contribution in [0.25, 0.3) is 0 Å². The van der Waals surface area contributed by atoms with E-state index in [1.54, 1.807) is 24.1 Å². The number of hydrogen-bond donors (Lipinski definition) is 1. The Morgan fingerprint density at radius 1 is 1.43 bits per heavy atom. The third-order valence-electron chi connectivity index (χ3n) is 3.09. The van der Waals surface area contributed by atoms with Gasteiger partial charge in [0.05, 0.1) is 28.8 Å². The SMILES string of the molecule is CCN(CCS(=O)(=O)c1cccc(C#N)c1)CC(=O)NC. The molecule has 0 unspecified atom stereocenters. The van der Waals surface area contributed by atoms with Crippen molar-refractivity contribution >= 4 is 15.7 Å². The highest BCUT2D eigenvalue weighted by molar-refractivity contribution is 7.91. The third kappa shape index (κ3) is 5.17. The van der Waals surface area contributed by atoms with Gasteiger partial charge in [-0.25, -0.2) is 8.42 Å². The van der Waals surface area contributed by atoms with E-state index in [2.05, 4.69) is 5.32 Å². The van der Waals surface area contributed by atoms with Crippen LogP contribution in [0.1, 0.15) is 12.5 Å². The normalized spacial score (nSPS) is 11.1. The Kier molecular flexibility index (Phi) is 6.34. The zero-order valence-electron chi connectivity index (χ0n) is 12.2. The predicted molar refractivity (Wildman–Crippen MR) is 79.4 cm³/mol. The molecular weight excluding hydrogens is 290 g/mol. The second kappa shape index (κ2) is 7.76. The molecule has 0 heterocycles. The summed E-state index contributed by atoms with van der Waals surface area (Å²) in [5.41, 5.74) is 0.314. The second-order valence-corrected chi connectivity index (χ2v) is 6.61. The smallest absolute Gasteiger partial charge is 0.233 e. The van der Waals surface area contributed by atoms with Gasteiger partial charge in [0.15, 0.2) is 9.84 Å². The van der Waals surface area contributed by atoms with Gasteiger partial charge in [-0.15, -0.1) is 0 Å². The van der Waals surface area contributed by atoms with Crippen molar-refractivity contribution in [3.05, 3.63) is 29.8 Å². The highest BCUT2D eigenvalue weighted by Gasteiger charge is 2.17. The number of carbonyl (C=O) groups is 1. The van der Waals surface area contributed by atoms with Gasteiger partial charge in [-0.1, -0.05) is 13.0 Å². The van der Waals surface area contributed by atoms with Gasteiger partial charge in [0.1, 0.15) is 0 Å². The zero-order chi connectivity index (χ0) is 15.9. The summed E-state index contributed by atoms with van der Waals surface area (Å²) < 4.78 is 24.5. The number of rotatable bonds is 7. The summed E-state index contributed by atoms with van der Waals surface area (Å²) in [6.45, 7) is 2.89. The van der Waals surface area contributed by atoms with E-state index in [4.69, 9.17) is 5.26 Å². The van der Waals surface area contributed by atoms with Crippen molar-refractivity contribution in [1.82, 2.24) is 10.2 Å². The molecule has 0 aliphatic carbocycles. The van der Waals surface area contributed by atoms with Gasteiger partial charge in [-0.3, -0.25) is 9.69 Å². The molecule has 1 aromatic carbocycles. The number of likely N-dealkylation sites (N-methyl/N-ethyl adjacent to an activating group) is 2. The molecule has 21 heavy (non-hydrogen) atoms. The van der Waals surface area contributed by atoms with Gasteiger partial charge >= 0.3 is 0 Å². The van der Waals surface area contributed by atoms with E-state index in [0.29, 0.717) is 12.1 Å². The van der Waals surface area contributed by atoms with E-state index in [1.165, 1.54) is 12.1 Å². The second-order valence-electron chi connectivity index (χ2n) is 4.50. The topological polar surface area (TPSA) is 90.3 Å². The Balaban J connectivity index is 2.76. The molecule has 1 aromatic rings. The van der Waals surface area contributed by atoms with Gasteiger partial charge < -0.3 is 5.32 Å². The molecule has 0 saturated carbocycles. The van der Waals surface area contributed by atoms with Crippen LogP contribution in [0.5, 0.6) is 0 Å². The highest BCUT2D eigenvalue weighted by atomic mass is 32.2. The molecule has 1 amide bonds. The average molecular weight is 309 g/mol. The molecule has 7 heteroatoms. The number of sulfone groups is 1. The standard InChI is InChI=1S/C14H19N3O3S/c1-3-17(11-14(18)16-2)7-8-21(19,20)13-6-4-5-12(9-13)10-15/h4-6,9H,3,7-8,11H2,1-2H3,(H,16,18). The molecule has 1 N–H and O–H groups in total. The van der Waals surface area contributed by atoms with Crippen LogP contribution in [0.4, 0.5) is 0 Å². The number of nitrogens with zero attached hydrogens (tertiary/aromatic N) is 2. The number of amides is 1. The van der Waals surface area contributed by atoms with Gasteiger partial charge in [0.25, 0.3) is 0 Å². The van der Waals surface area contributed by atoms with Crippen LogP contribution >= 0.6 is 0 Å². The molecule has 0 aliphatic rings. The molecule has 6 nitrogen and oxygen atoms in total. The Morgan fingerprint density at radius 3 is 2.71 bits per heavy atom. The fraction of sp³-hybridized carbons (Fsp3) is 0.429. The van der Waals surface area contributed by atoms with Crippen molar-refractivity contribution in [2.45, 2.75) is 11.8 Å². The molecule has 0 radical (unpaired) electrons. The Bertz CT molecular complexity index is 635. The van der Waals surface area contributed by atoms with E-state index in [-0.39, 0.29) is 29.6 Å². The van der Waals surface area contributed by atoms with Crippen molar-refractivity contribution in [2.24, 2.45) is 0 Å². The molecule has 0 saturated heterocycles. The summed E-state index contributed by atoms with van der Waals surface area (Å²) in [6, 6.07) is 7.87. The highest BCUT2D eigenvalue weighted by Crippen LogP contribution is 2.13. The van der Waals surface area contributed by atoms with E-state index in [9.17, 15) is 13.2 Å². The molecule has 0 spiro atoms. The summed E-state index contributed by atoms with van der Waals surface area (Å²) in [5.74, 6) is -0.243. The Labute approximate surface area is 125 Å². The van der Waals surface area contributed by atoms with Gasteiger partial charge in [-0.05, 0) is 24.7 Å². The van der Waals surface area contributed by atoms with E-state index >= 15 is 0 Å². The largest absolute Gasteiger partial charge is 0.358 e. The first-order chi connectivity index (χ1) is 9.92. The Morgan fingerprint density at radius 2 is 2.14 bits per heavy atom. The van der Waals surface area contributed by atoms with E-state index < -0.39 is 9.84 Å². The minimum absolute atomic E-state index is 0.0906. The fourth-order valence-electron chi connectivity index (χ4n) is 1.76. The lowest BCUT2D eigenvalue weighted by Crippen LogP contribution is -2.38. The van der Waals surface area contributed by atoms with Crippen molar-refractivity contribution in [2.75, 3.05) is 32.4 Å². The molecule has 114 valence electrons. The molecule has 0 bridgehead atoms. The third-order valence-corrected chi connectivity index (χ3v) is 4.78. The van der Waals surface area contributed by atoms with Crippen LogP contribution in [0, 0.1) is 11.3 Å². The van der Waals surface area contributed by atoms with Crippen molar-refractivity contribution in [3.8, 4) is 6.07 Å². The van der Waals surface area contributed by atoms with Gasteiger partial charge in [0, 0.05) is 13.6 Å². The minimum Gasteiger partial charge on any atom is -0.358 e. The molecule has 0 atom stereocenters. The molecule has 0 aromatic heterocycles. The van der Waals surface area contributed by atoms with Crippen LogP contribution in [-0.2, 0) is 14.6 Å². The van der Waals surface area contributed by atoms with Crippen molar-refractivity contribution in [1.29, 1.82) is 5.26 Å². The van der Waals surface area contributed by atoms with Crippen LogP contribution in [-0.4, -0.2) is 51.7 Å². The number of carbonyl (C=O) groups excluding carboxylic acids is 1. The lowest BCUT2D eigenvalue weighted by Gasteiger charge is -2.19.